The molecule has 0 bridgehead atoms. The largest absolute Gasteiger partial charge is 0.369 e. The van der Waals surface area contributed by atoms with Gasteiger partial charge in [0.1, 0.15) is 0 Å². The first-order valence-electron chi connectivity index (χ1n) is 5.85. The van der Waals surface area contributed by atoms with E-state index in [2.05, 4.69) is 26.1 Å². The zero-order valence-electron chi connectivity index (χ0n) is 10.5. The average Bonchev–Trinajstić information content (AvgIpc) is 2.32. The number of halogens is 1. The summed E-state index contributed by atoms with van der Waals surface area (Å²) >= 11 is 3.33. The lowest BCUT2D eigenvalue weighted by Gasteiger charge is -2.35. The number of hydrogen-bond donors (Lipinski definition) is 1. The van der Waals surface area contributed by atoms with Crippen LogP contribution in [0.1, 0.15) is 6.42 Å². The summed E-state index contributed by atoms with van der Waals surface area (Å²) in [4.78, 5) is 2.50. The molecule has 1 aliphatic rings. The molecule has 0 aromatic heterocycles. The van der Waals surface area contributed by atoms with Crippen molar-refractivity contribution < 1.29 is 8.42 Å². The van der Waals surface area contributed by atoms with Crippen molar-refractivity contribution in [1.82, 2.24) is 5.32 Å². The maximum Gasteiger partial charge on any atom is 0.182 e. The SMILES string of the molecule is CNCCC1CS(=O)(=O)c2cc(Br)ccc2N1C. The summed E-state index contributed by atoms with van der Waals surface area (Å²) in [6.45, 7) is 0.816. The normalized spacial score (nSPS) is 21.7. The van der Waals surface area contributed by atoms with Gasteiger partial charge in [-0.2, -0.15) is 0 Å². The number of fused-ring (bicyclic) bond motifs is 1. The molecule has 1 heterocycles. The molecular weight excluding hydrogens is 316 g/mol. The first-order valence-corrected chi connectivity index (χ1v) is 8.30. The highest BCUT2D eigenvalue weighted by Crippen LogP contribution is 2.35. The fraction of sp³-hybridized carbons (Fsp3) is 0.500. The summed E-state index contributed by atoms with van der Waals surface area (Å²) in [5, 5.41) is 3.07. The molecule has 4 nitrogen and oxygen atoms in total. The van der Waals surface area contributed by atoms with E-state index in [1.165, 1.54) is 0 Å². The second-order valence-corrected chi connectivity index (χ2v) is 7.47. The Balaban J connectivity index is 2.42. The number of sulfone groups is 1. The lowest BCUT2D eigenvalue weighted by molar-refractivity contribution is 0.550. The Hall–Kier alpha value is -0.590. The van der Waals surface area contributed by atoms with Gasteiger partial charge in [0.15, 0.2) is 9.84 Å². The van der Waals surface area contributed by atoms with E-state index in [-0.39, 0.29) is 11.8 Å². The third kappa shape index (κ3) is 2.55. The molecule has 0 saturated carbocycles. The summed E-state index contributed by atoms with van der Waals surface area (Å²) in [5.41, 5.74) is 0.797. The van der Waals surface area contributed by atoms with E-state index >= 15 is 0 Å². The van der Waals surface area contributed by atoms with Gasteiger partial charge in [-0.3, -0.25) is 0 Å². The van der Waals surface area contributed by atoms with Crippen molar-refractivity contribution in [3.63, 3.8) is 0 Å². The minimum Gasteiger partial charge on any atom is -0.369 e. The lowest BCUT2D eigenvalue weighted by Crippen LogP contribution is -2.43. The second kappa shape index (κ2) is 5.19. The van der Waals surface area contributed by atoms with Gasteiger partial charge >= 0.3 is 0 Å². The summed E-state index contributed by atoms with van der Waals surface area (Å²) < 4.78 is 25.4. The monoisotopic (exact) mass is 332 g/mol. The maximum atomic E-state index is 12.3. The van der Waals surface area contributed by atoms with Gasteiger partial charge in [-0.1, -0.05) is 15.9 Å². The van der Waals surface area contributed by atoms with Crippen LogP contribution in [0, 0.1) is 0 Å². The Morgan fingerprint density at radius 2 is 2.22 bits per heavy atom. The average molecular weight is 333 g/mol. The summed E-state index contributed by atoms with van der Waals surface area (Å²) in [5.74, 6) is 0.189. The number of nitrogens with zero attached hydrogens (tertiary/aromatic N) is 1. The molecule has 0 saturated heterocycles. The van der Waals surface area contributed by atoms with Crippen molar-refractivity contribution in [2.75, 3.05) is 31.3 Å². The number of nitrogens with one attached hydrogen (secondary N) is 1. The maximum absolute atomic E-state index is 12.3. The highest BCUT2D eigenvalue weighted by molar-refractivity contribution is 9.10. The van der Waals surface area contributed by atoms with Crippen LogP contribution < -0.4 is 10.2 Å². The molecule has 1 atom stereocenters. The molecule has 1 N–H and O–H groups in total. The Kier molecular flexibility index (Phi) is 3.99. The third-order valence-electron chi connectivity index (χ3n) is 3.32. The van der Waals surface area contributed by atoms with Crippen LogP contribution in [-0.2, 0) is 9.84 Å². The summed E-state index contributed by atoms with van der Waals surface area (Å²) in [7, 11) is 0.661. The van der Waals surface area contributed by atoms with E-state index in [9.17, 15) is 8.42 Å². The minimum absolute atomic E-state index is 0.0381. The van der Waals surface area contributed by atoms with Crippen molar-refractivity contribution >= 4 is 31.5 Å². The van der Waals surface area contributed by atoms with Gasteiger partial charge < -0.3 is 10.2 Å². The van der Waals surface area contributed by atoms with Crippen molar-refractivity contribution in [3.8, 4) is 0 Å². The molecule has 0 aliphatic carbocycles. The number of benzene rings is 1. The summed E-state index contributed by atoms with van der Waals surface area (Å²) in [6, 6.07) is 5.47. The Labute approximate surface area is 116 Å². The van der Waals surface area contributed by atoms with Crippen molar-refractivity contribution in [2.24, 2.45) is 0 Å². The van der Waals surface area contributed by atoms with Gasteiger partial charge in [0, 0.05) is 17.6 Å². The van der Waals surface area contributed by atoms with Crippen LogP contribution >= 0.6 is 15.9 Å². The molecule has 2 rings (SSSR count). The quantitative estimate of drug-likeness (QED) is 0.914. The molecule has 0 spiro atoms. The van der Waals surface area contributed by atoms with Gasteiger partial charge in [-0.05, 0) is 38.2 Å². The molecule has 1 aromatic carbocycles. The molecule has 0 amide bonds. The molecule has 0 radical (unpaired) electrons. The standard InChI is InChI=1S/C12H17BrN2O2S/c1-14-6-5-10-8-18(16,17)12-7-9(13)3-4-11(12)15(10)2/h3-4,7,10,14H,5-6,8H2,1-2H3. The van der Waals surface area contributed by atoms with Crippen LogP contribution in [0.2, 0.25) is 0 Å². The van der Waals surface area contributed by atoms with E-state index in [4.69, 9.17) is 0 Å². The Morgan fingerprint density at radius 3 is 2.89 bits per heavy atom. The third-order valence-corrected chi connectivity index (χ3v) is 5.64. The van der Waals surface area contributed by atoms with Crippen LogP contribution in [0.4, 0.5) is 5.69 Å². The minimum atomic E-state index is -3.18. The highest BCUT2D eigenvalue weighted by Gasteiger charge is 2.33. The number of hydrogen-bond acceptors (Lipinski definition) is 4. The van der Waals surface area contributed by atoms with Crippen LogP contribution in [0.3, 0.4) is 0 Å². The molecule has 100 valence electrons. The topological polar surface area (TPSA) is 49.4 Å². The fourth-order valence-electron chi connectivity index (χ4n) is 2.27. The molecule has 1 aromatic rings. The second-order valence-electron chi connectivity index (χ2n) is 4.55. The van der Waals surface area contributed by atoms with Gasteiger partial charge in [0.05, 0.1) is 16.3 Å². The van der Waals surface area contributed by atoms with E-state index in [0.29, 0.717) is 4.90 Å². The zero-order chi connectivity index (χ0) is 13.3. The molecule has 6 heteroatoms. The molecule has 0 fully saturated rings. The first-order chi connectivity index (χ1) is 8.45. The number of rotatable bonds is 3. The van der Waals surface area contributed by atoms with Gasteiger partial charge in [0.2, 0.25) is 0 Å². The van der Waals surface area contributed by atoms with E-state index in [1.54, 1.807) is 6.07 Å². The molecule has 18 heavy (non-hydrogen) atoms. The smallest absolute Gasteiger partial charge is 0.182 e. The van der Waals surface area contributed by atoms with Crippen molar-refractivity contribution in [1.29, 1.82) is 0 Å². The van der Waals surface area contributed by atoms with Crippen molar-refractivity contribution in [2.45, 2.75) is 17.4 Å². The van der Waals surface area contributed by atoms with Crippen LogP contribution in [0.25, 0.3) is 0 Å². The molecular formula is C12H17BrN2O2S. The predicted molar refractivity (Wildman–Crippen MR) is 76.9 cm³/mol. The predicted octanol–water partition coefficient (Wildman–Crippen LogP) is 1.65. The van der Waals surface area contributed by atoms with Crippen molar-refractivity contribution in [3.05, 3.63) is 22.7 Å². The van der Waals surface area contributed by atoms with E-state index in [1.807, 2.05) is 26.2 Å². The zero-order valence-corrected chi connectivity index (χ0v) is 12.9. The molecule has 1 unspecified atom stereocenters. The van der Waals surface area contributed by atoms with Gasteiger partial charge in [-0.15, -0.1) is 0 Å². The molecule has 1 aliphatic heterocycles. The highest BCUT2D eigenvalue weighted by atomic mass is 79.9. The fourth-order valence-corrected chi connectivity index (χ4v) is 4.69. The Morgan fingerprint density at radius 1 is 1.50 bits per heavy atom. The Bertz CT molecular complexity index is 545. The van der Waals surface area contributed by atoms with Gasteiger partial charge in [-0.25, -0.2) is 8.42 Å². The van der Waals surface area contributed by atoms with Crippen LogP contribution in [0.15, 0.2) is 27.6 Å². The first kappa shape index (κ1) is 13.8. The van der Waals surface area contributed by atoms with Crippen LogP contribution in [-0.4, -0.2) is 40.9 Å². The van der Waals surface area contributed by atoms with E-state index < -0.39 is 9.84 Å². The van der Waals surface area contributed by atoms with E-state index in [0.717, 1.165) is 23.1 Å². The summed E-state index contributed by atoms with van der Waals surface area (Å²) in [6.07, 6.45) is 0.821. The van der Waals surface area contributed by atoms with Crippen LogP contribution in [0.5, 0.6) is 0 Å². The number of anilines is 1. The lowest BCUT2D eigenvalue weighted by atomic mass is 10.1. The van der Waals surface area contributed by atoms with Gasteiger partial charge in [0.25, 0.3) is 0 Å².